The topological polar surface area (TPSA) is 80.4 Å². The lowest BCUT2D eigenvalue weighted by Crippen LogP contribution is -2.14. The molecular weight excluding hydrogens is 313 g/mol. The lowest BCUT2D eigenvalue weighted by molar-refractivity contribution is 0.0693. The van der Waals surface area contributed by atoms with E-state index < -0.39 is 11.4 Å². The Bertz CT molecular complexity index is 605. The van der Waals surface area contributed by atoms with Crippen LogP contribution in [0.15, 0.2) is 27.7 Å². The van der Waals surface area contributed by atoms with E-state index in [1.807, 2.05) is 22.6 Å². The van der Waals surface area contributed by atoms with Crippen molar-refractivity contribution in [2.24, 2.45) is 0 Å². The normalized spacial score (nSPS) is 10.5. The van der Waals surface area contributed by atoms with Crippen LogP contribution in [0.3, 0.4) is 0 Å². The van der Waals surface area contributed by atoms with Crippen LogP contribution in [-0.4, -0.2) is 16.1 Å². The van der Waals surface area contributed by atoms with Gasteiger partial charge in [0.25, 0.3) is 0 Å². The summed E-state index contributed by atoms with van der Waals surface area (Å²) in [7, 11) is 0. The van der Waals surface area contributed by atoms with E-state index in [0.717, 1.165) is 9.83 Å². The molecule has 0 aromatic carbocycles. The number of hydrogen-bond donors (Lipinski definition) is 1. The molecule has 2 rings (SSSR count). The zero-order valence-electron chi connectivity index (χ0n) is 7.23. The predicted octanol–water partition coefficient (Wildman–Crippen LogP) is 1.49. The summed E-state index contributed by atoms with van der Waals surface area (Å²) in [5.41, 5.74) is -0.813. The third-order valence-electron chi connectivity index (χ3n) is 1.83. The molecule has 0 aliphatic carbocycles. The van der Waals surface area contributed by atoms with Crippen molar-refractivity contribution in [3.63, 3.8) is 0 Å². The van der Waals surface area contributed by atoms with E-state index in [0.29, 0.717) is 0 Å². The first-order valence-electron chi connectivity index (χ1n) is 3.90. The summed E-state index contributed by atoms with van der Waals surface area (Å²) in [6, 6.07) is 1.54. The molecule has 2 aromatic rings. The van der Waals surface area contributed by atoms with Gasteiger partial charge in [-0.25, -0.2) is 9.78 Å². The maximum Gasteiger partial charge on any atom is 0.342 e. The minimum Gasteiger partial charge on any atom is -0.477 e. The van der Waals surface area contributed by atoms with Gasteiger partial charge in [0, 0.05) is 9.77 Å². The van der Waals surface area contributed by atoms with E-state index in [9.17, 15) is 9.59 Å². The summed E-state index contributed by atoms with van der Waals surface area (Å²) in [6.45, 7) is 0. The highest BCUT2D eigenvalue weighted by Gasteiger charge is 2.13. The predicted molar refractivity (Wildman–Crippen MR) is 60.0 cm³/mol. The Morgan fingerprint density at radius 1 is 1.53 bits per heavy atom. The van der Waals surface area contributed by atoms with Gasteiger partial charge in [-0.3, -0.25) is 4.79 Å². The third-order valence-corrected chi connectivity index (χ3v) is 2.42. The minimum atomic E-state index is -1.30. The molecule has 0 saturated carbocycles. The Hall–Kier alpha value is -1.44. The van der Waals surface area contributed by atoms with Gasteiger partial charge in [-0.1, -0.05) is 0 Å². The number of carboxylic acids is 1. The number of carboxylic acid groups (broad SMARTS) is 1. The number of pyridine rings is 1. The first-order valence-corrected chi connectivity index (χ1v) is 4.98. The molecule has 0 amide bonds. The molecule has 0 aliphatic heterocycles. The standard InChI is InChI=1S/C9H4INO4/c10-4-1-5-7(12)6(9(13)14)3-15-8(5)11-2-4/h1-3H,(H,13,14). The fraction of sp³-hybridized carbons (Fsp3) is 0. The molecule has 0 fully saturated rings. The molecule has 0 aliphatic rings. The molecule has 76 valence electrons. The molecule has 6 heteroatoms. The van der Waals surface area contributed by atoms with E-state index in [-0.39, 0.29) is 16.7 Å². The third kappa shape index (κ3) is 1.72. The zero-order valence-corrected chi connectivity index (χ0v) is 9.39. The van der Waals surface area contributed by atoms with Gasteiger partial charge >= 0.3 is 5.97 Å². The van der Waals surface area contributed by atoms with Gasteiger partial charge in [0.05, 0.1) is 5.39 Å². The molecule has 0 atom stereocenters. The van der Waals surface area contributed by atoms with E-state index in [2.05, 4.69) is 4.98 Å². The van der Waals surface area contributed by atoms with Crippen LogP contribution in [0, 0.1) is 3.57 Å². The Balaban J connectivity index is 2.89. The lowest BCUT2D eigenvalue weighted by Gasteiger charge is -1.97. The largest absolute Gasteiger partial charge is 0.477 e. The summed E-state index contributed by atoms with van der Waals surface area (Å²) < 4.78 is 5.69. The van der Waals surface area contributed by atoms with Crippen molar-refractivity contribution in [1.29, 1.82) is 0 Å². The van der Waals surface area contributed by atoms with Crippen LogP contribution < -0.4 is 5.43 Å². The van der Waals surface area contributed by atoms with Gasteiger partial charge in [-0.05, 0) is 28.7 Å². The van der Waals surface area contributed by atoms with Crippen molar-refractivity contribution < 1.29 is 14.3 Å². The average molecular weight is 317 g/mol. The molecule has 0 radical (unpaired) electrons. The number of hydrogen-bond acceptors (Lipinski definition) is 4. The molecule has 1 N–H and O–H groups in total. The number of nitrogens with zero attached hydrogens (tertiary/aromatic N) is 1. The van der Waals surface area contributed by atoms with Crippen molar-refractivity contribution in [3.05, 3.63) is 37.9 Å². The van der Waals surface area contributed by atoms with Crippen LogP contribution >= 0.6 is 22.6 Å². The molecular formula is C9H4INO4. The molecule has 2 heterocycles. The molecule has 0 unspecified atom stereocenters. The maximum absolute atomic E-state index is 11.6. The highest BCUT2D eigenvalue weighted by molar-refractivity contribution is 14.1. The van der Waals surface area contributed by atoms with Crippen LogP contribution in [0.1, 0.15) is 10.4 Å². The second kappa shape index (κ2) is 3.61. The van der Waals surface area contributed by atoms with Gasteiger partial charge in [0.2, 0.25) is 11.1 Å². The average Bonchev–Trinajstić information content (AvgIpc) is 2.19. The van der Waals surface area contributed by atoms with E-state index in [1.54, 1.807) is 6.07 Å². The molecule has 5 nitrogen and oxygen atoms in total. The molecule has 2 aromatic heterocycles. The monoisotopic (exact) mass is 317 g/mol. The van der Waals surface area contributed by atoms with Gasteiger partial charge in [0.15, 0.2) is 0 Å². The summed E-state index contributed by atoms with van der Waals surface area (Å²) in [4.78, 5) is 26.2. The quantitative estimate of drug-likeness (QED) is 0.806. The van der Waals surface area contributed by atoms with Crippen LogP contribution in [0.4, 0.5) is 0 Å². The second-order valence-corrected chi connectivity index (χ2v) is 4.04. The van der Waals surface area contributed by atoms with E-state index in [1.165, 1.54) is 6.20 Å². The number of aromatic carboxylic acids is 1. The van der Waals surface area contributed by atoms with Crippen LogP contribution in [0.25, 0.3) is 11.1 Å². The second-order valence-electron chi connectivity index (χ2n) is 2.79. The summed E-state index contributed by atoms with van der Waals surface area (Å²) >= 11 is 1.98. The number of aromatic nitrogens is 1. The summed E-state index contributed by atoms with van der Waals surface area (Å²) in [5.74, 6) is -1.30. The molecule has 0 bridgehead atoms. The lowest BCUT2D eigenvalue weighted by atomic mass is 10.2. The Kier molecular flexibility index (Phi) is 2.43. The first kappa shape index (κ1) is 10.1. The number of fused-ring (bicyclic) bond motifs is 1. The fourth-order valence-corrected chi connectivity index (χ4v) is 1.59. The fourth-order valence-electron chi connectivity index (χ4n) is 1.14. The summed E-state index contributed by atoms with van der Waals surface area (Å²) in [5, 5.41) is 8.89. The smallest absolute Gasteiger partial charge is 0.342 e. The van der Waals surface area contributed by atoms with Crippen molar-refractivity contribution in [2.45, 2.75) is 0 Å². The minimum absolute atomic E-state index is 0.144. The van der Waals surface area contributed by atoms with Gasteiger partial charge in [-0.15, -0.1) is 0 Å². The maximum atomic E-state index is 11.6. The summed E-state index contributed by atoms with van der Waals surface area (Å²) in [6.07, 6.45) is 2.44. The van der Waals surface area contributed by atoms with Gasteiger partial charge in [-0.2, -0.15) is 0 Å². The van der Waals surface area contributed by atoms with Crippen molar-refractivity contribution in [3.8, 4) is 0 Å². The number of carbonyl (C=O) groups is 1. The molecule has 15 heavy (non-hydrogen) atoms. The molecule has 0 saturated heterocycles. The Morgan fingerprint density at radius 2 is 2.27 bits per heavy atom. The van der Waals surface area contributed by atoms with Crippen LogP contribution in [0.5, 0.6) is 0 Å². The van der Waals surface area contributed by atoms with Crippen LogP contribution in [-0.2, 0) is 0 Å². The SMILES string of the molecule is O=C(O)c1coc2ncc(I)cc2c1=O. The Labute approximate surface area is 96.9 Å². The molecule has 0 spiro atoms. The van der Waals surface area contributed by atoms with Gasteiger partial charge in [0.1, 0.15) is 11.8 Å². The number of halogens is 1. The van der Waals surface area contributed by atoms with Crippen LogP contribution in [0.2, 0.25) is 0 Å². The van der Waals surface area contributed by atoms with E-state index in [4.69, 9.17) is 9.52 Å². The van der Waals surface area contributed by atoms with E-state index >= 15 is 0 Å². The first-order chi connectivity index (χ1) is 7.09. The van der Waals surface area contributed by atoms with Crippen molar-refractivity contribution in [2.75, 3.05) is 0 Å². The van der Waals surface area contributed by atoms with Gasteiger partial charge < -0.3 is 9.52 Å². The number of rotatable bonds is 1. The Morgan fingerprint density at radius 3 is 2.93 bits per heavy atom. The van der Waals surface area contributed by atoms with Crippen molar-refractivity contribution in [1.82, 2.24) is 4.98 Å². The highest BCUT2D eigenvalue weighted by Crippen LogP contribution is 2.12. The zero-order chi connectivity index (χ0) is 11.0. The van der Waals surface area contributed by atoms with Crippen molar-refractivity contribution >= 4 is 39.7 Å². The highest BCUT2D eigenvalue weighted by atomic mass is 127.